The smallest absolute Gasteiger partial charge is 0.308 e. The van der Waals surface area contributed by atoms with Gasteiger partial charge >= 0.3 is 11.9 Å². The molecule has 23 heavy (non-hydrogen) atoms. The van der Waals surface area contributed by atoms with Crippen LogP contribution in [0.1, 0.15) is 25.7 Å². The molecule has 2 N–H and O–H groups in total. The van der Waals surface area contributed by atoms with Crippen molar-refractivity contribution in [2.24, 2.45) is 11.8 Å². The Kier molecular flexibility index (Phi) is 6.99. The number of carboxylic acids is 2. The summed E-state index contributed by atoms with van der Waals surface area (Å²) in [5.41, 5.74) is -0.0451. The molecule has 1 fully saturated rings. The van der Waals surface area contributed by atoms with Crippen molar-refractivity contribution in [3.8, 4) is 0 Å². The molecule has 1 aliphatic carbocycles. The van der Waals surface area contributed by atoms with E-state index >= 15 is 0 Å². The Morgan fingerprint density at radius 3 is 2.39 bits per heavy atom. The molecule has 1 saturated carbocycles. The van der Waals surface area contributed by atoms with Gasteiger partial charge in [-0.2, -0.15) is 0 Å². The number of carboxylic acid groups (broad SMARTS) is 2. The van der Waals surface area contributed by atoms with Crippen LogP contribution in [0.4, 0.5) is 0 Å². The Balaban J connectivity index is 2.34. The minimum absolute atomic E-state index is 0.0451. The number of benzene rings is 1. The summed E-state index contributed by atoms with van der Waals surface area (Å²) in [6.07, 6.45) is 5.06. The highest BCUT2D eigenvalue weighted by molar-refractivity contribution is 7.66. The van der Waals surface area contributed by atoms with Crippen LogP contribution in [0.5, 0.6) is 0 Å². The van der Waals surface area contributed by atoms with Crippen molar-refractivity contribution in [1.29, 1.82) is 0 Å². The number of carbonyl (C=O) groups is 2. The molecule has 0 bridgehead atoms. The Morgan fingerprint density at radius 1 is 1.13 bits per heavy atom. The van der Waals surface area contributed by atoms with Crippen molar-refractivity contribution in [2.75, 3.05) is 12.3 Å². The largest absolute Gasteiger partial charge is 0.481 e. The average molecular weight is 354 g/mol. The highest BCUT2D eigenvalue weighted by Crippen LogP contribution is 2.51. The molecule has 1 aliphatic rings. The van der Waals surface area contributed by atoms with Gasteiger partial charge < -0.3 is 10.2 Å². The Hall–Kier alpha value is -0.980. The van der Waals surface area contributed by atoms with Gasteiger partial charge in [-0.05, 0) is 42.5 Å². The summed E-state index contributed by atoms with van der Waals surface area (Å²) in [4.78, 5) is 23.4. The van der Waals surface area contributed by atoms with E-state index in [0.29, 0.717) is 6.42 Å². The maximum Gasteiger partial charge on any atom is 0.308 e. The van der Waals surface area contributed by atoms with Gasteiger partial charge in [-0.3, -0.25) is 9.59 Å². The van der Waals surface area contributed by atoms with Crippen LogP contribution in [-0.2, 0) is 9.59 Å². The van der Waals surface area contributed by atoms with Crippen molar-refractivity contribution >= 4 is 34.4 Å². The van der Waals surface area contributed by atoms with E-state index < -0.39 is 31.7 Å². The number of hydrogen-bond acceptors (Lipinski definition) is 2. The zero-order chi connectivity index (χ0) is 16.8. The summed E-state index contributed by atoms with van der Waals surface area (Å²) >= 11 is 0. The lowest BCUT2D eigenvalue weighted by Crippen LogP contribution is -2.42. The molecule has 4 nitrogen and oxygen atoms in total. The second kappa shape index (κ2) is 8.76. The topological polar surface area (TPSA) is 74.6 Å². The SMILES string of the molecule is O=C(O)C1CCCC(P(CCCP)c2ccccc2)C1C(=O)O. The molecule has 126 valence electrons. The van der Waals surface area contributed by atoms with Gasteiger partial charge in [0.2, 0.25) is 0 Å². The van der Waals surface area contributed by atoms with Gasteiger partial charge in [-0.1, -0.05) is 44.7 Å². The van der Waals surface area contributed by atoms with Crippen molar-refractivity contribution < 1.29 is 19.8 Å². The molecule has 0 aliphatic heterocycles. The molecule has 0 radical (unpaired) electrons. The van der Waals surface area contributed by atoms with E-state index in [9.17, 15) is 19.8 Å². The molecule has 1 aromatic rings. The van der Waals surface area contributed by atoms with Gasteiger partial charge in [0.1, 0.15) is 0 Å². The summed E-state index contributed by atoms with van der Waals surface area (Å²) in [7, 11) is 2.06. The van der Waals surface area contributed by atoms with E-state index in [2.05, 4.69) is 21.4 Å². The number of rotatable bonds is 7. The predicted molar refractivity (Wildman–Crippen MR) is 96.9 cm³/mol. The van der Waals surface area contributed by atoms with Crippen LogP contribution in [0.15, 0.2) is 30.3 Å². The summed E-state index contributed by atoms with van der Waals surface area (Å²) in [5, 5.41) is 20.3. The van der Waals surface area contributed by atoms with Crippen molar-refractivity contribution in [1.82, 2.24) is 0 Å². The van der Waals surface area contributed by atoms with Crippen LogP contribution >= 0.6 is 17.2 Å². The second-order valence-electron chi connectivity index (χ2n) is 5.98. The molecule has 0 spiro atoms. The molecule has 0 heterocycles. The predicted octanol–water partition coefficient (Wildman–Crippen LogP) is 3.01. The molecular formula is C17H24O4P2. The Labute approximate surface area is 140 Å². The van der Waals surface area contributed by atoms with Crippen LogP contribution in [0, 0.1) is 11.8 Å². The molecule has 6 heteroatoms. The first-order valence-electron chi connectivity index (χ1n) is 8.03. The summed E-state index contributed by atoms with van der Waals surface area (Å²) in [5.74, 6) is -3.43. The quantitative estimate of drug-likeness (QED) is 0.738. The summed E-state index contributed by atoms with van der Waals surface area (Å²) in [6, 6.07) is 10.1. The summed E-state index contributed by atoms with van der Waals surface area (Å²) < 4.78 is 0. The van der Waals surface area contributed by atoms with Crippen molar-refractivity contribution in [2.45, 2.75) is 31.3 Å². The standard InChI is InChI=1S/C17H24O4P2/c18-16(19)13-8-4-9-14(15(13)17(20)21)23(11-5-10-22)12-6-2-1-3-7-12/h1-3,6-7,13-15H,4-5,8-11,22H2,(H,18,19)(H,20,21). The molecule has 0 aromatic heterocycles. The van der Waals surface area contributed by atoms with E-state index in [1.807, 2.05) is 18.2 Å². The van der Waals surface area contributed by atoms with Crippen LogP contribution in [-0.4, -0.2) is 40.1 Å². The lowest BCUT2D eigenvalue weighted by atomic mass is 9.79. The fourth-order valence-corrected chi connectivity index (χ4v) is 7.32. The van der Waals surface area contributed by atoms with Crippen LogP contribution in [0.3, 0.4) is 0 Å². The lowest BCUT2D eigenvalue weighted by Gasteiger charge is -2.38. The van der Waals surface area contributed by atoms with Gasteiger partial charge in [-0.15, -0.1) is 9.24 Å². The molecule has 2 rings (SSSR count). The zero-order valence-electron chi connectivity index (χ0n) is 13.1. The Bertz CT molecular complexity index is 535. The zero-order valence-corrected chi connectivity index (χ0v) is 15.1. The van der Waals surface area contributed by atoms with Crippen LogP contribution < -0.4 is 5.30 Å². The molecular weight excluding hydrogens is 330 g/mol. The Morgan fingerprint density at radius 2 is 1.83 bits per heavy atom. The minimum atomic E-state index is -0.962. The van der Waals surface area contributed by atoms with Crippen molar-refractivity contribution in [3.05, 3.63) is 30.3 Å². The first-order chi connectivity index (χ1) is 11.1. The minimum Gasteiger partial charge on any atom is -0.481 e. The fourth-order valence-electron chi connectivity index (χ4n) is 3.51. The highest BCUT2D eigenvalue weighted by atomic mass is 31.1. The lowest BCUT2D eigenvalue weighted by molar-refractivity contribution is -0.155. The van der Waals surface area contributed by atoms with Crippen LogP contribution in [0.2, 0.25) is 0 Å². The molecule has 0 saturated heterocycles. The van der Waals surface area contributed by atoms with Gasteiger partial charge in [0.25, 0.3) is 0 Å². The monoisotopic (exact) mass is 354 g/mol. The van der Waals surface area contributed by atoms with Gasteiger partial charge in [-0.25, -0.2) is 0 Å². The first kappa shape index (κ1) is 18.4. The van der Waals surface area contributed by atoms with E-state index in [-0.39, 0.29) is 5.66 Å². The fraction of sp³-hybridized carbons (Fsp3) is 0.529. The third-order valence-electron chi connectivity index (χ3n) is 4.56. The van der Waals surface area contributed by atoms with E-state index in [4.69, 9.17) is 0 Å². The van der Waals surface area contributed by atoms with Gasteiger partial charge in [0.05, 0.1) is 11.8 Å². The van der Waals surface area contributed by atoms with Gasteiger partial charge in [0, 0.05) is 0 Å². The molecule has 0 amide bonds. The number of hydrogen-bond donors (Lipinski definition) is 2. The second-order valence-corrected chi connectivity index (χ2v) is 9.12. The summed E-state index contributed by atoms with van der Waals surface area (Å²) in [6.45, 7) is 0. The van der Waals surface area contributed by atoms with E-state index in [0.717, 1.165) is 31.6 Å². The van der Waals surface area contributed by atoms with Crippen LogP contribution in [0.25, 0.3) is 0 Å². The average Bonchev–Trinajstić information content (AvgIpc) is 2.55. The van der Waals surface area contributed by atoms with E-state index in [1.54, 1.807) is 0 Å². The molecule has 5 unspecified atom stereocenters. The van der Waals surface area contributed by atoms with E-state index in [1.165, 1.54) is 5.30 Å². The highest BCUT2D eigenvalue weighted by Gasteiger charge is 2.45. The molecule has 1 aromatic carbocycles. The third kappa shape index (κ3) is 4.52. The molecule has 5 atom stereocenters. The maximum atomic E-state index is 11.8. The van der Waals surface area contributed by atoms with Gasteiger partial charge in [0.15, 0.2) is 0 Å². The maximum absolute atomic E-state index is 11.8. The third-order valence-corrected chi connectivity index (χ3v) is 8.10. The van der Waals surface area contributed by atoms with Crippen molar-refractivity contribution in [3.63, 3.8) is 0 Å². The normalized spacial score (nSPS) is 25.7. The number of aliphatic carboxylic acids is 2. The first-order valence-corrected chi connectivity index (χ1v) is 10.4.